The standard InChI is InChI=1S/C10H9N3.H2O4S/c11-9-6-7-13(12-8-9)10-4-2-1-3-5-10;1-5(2,3)4/h1-8,11H;(H2,1,2,3,4). The fraction of sp³-hybridized carbons (Fsp3) is 0. The van der Waals surface area contributed by atoms with Gasteiger partial charge in [0.2, 0.25) is 22.3 Å². The Morgan fingerprint density at radius 2 is 1.78 bits per heavy atom. The van der Waals surface area contributed by atoms with Crippen molar-refractivity contribution in [2.24, 2.45) is 0 Å². The summed E-state index contributed by atoms with van der Waals surface area (Å²) in [4.78, 5) is 0. The monoisotopic (exact) mass is 269 g/mol. The van der Waals surface area contributed by atoms with E-state index < -0.39 is 10.4 Å². The van der Waals surface area contributed by atoms with Crippen LogP contribution in [-0.4, -0.2) is 22.6 Å². The second-order valence-corrected chi connectivity index (χ2v) is 4.02. The van der Waals surface area contributed by atoms with E-state index in [0.717, 1.165) is 5.69 Å². The van der Waals surface area contributed by atoms with Crippen molar-refractivity contribution >= 4 is 16.1 Å². The summed E-state index contributed by atoms with van der Waals surface area (Å²) in [6.45, 7) is 0. The molecular weight excluding hydrogens is 258 g/mol. The number of anilines is 1. The fourth-order valence-corrected chi connectivity index (χ4v) is 1.10. The number of hydrogen-bond donors (Lipinski definition) is 2. The van der Waals surface area contributed by atoms with Gasteiger partial charge in [-0.2, -0.15) is 0 Å². The van der Waals surface area contributed by atoms with Crippen LogP contribution in [0.5, 0.6) is 0 Å². The van der Waals surface area contributed by atoms with Crippen LogP contribution in [0.15, 0.2) is 48.8 Å². The molecule has 0 amide bonds. The van der Waals surface area contributed by atoms with Crippen LogP contribution in [0.3, 0.4) is 0 Å². The lowest BCUT2D eigenvalue weighted by molar-refractivity contribution is -0.659. The zero-order valence-electron chi connectivity index (χ0n) is 9.17. The number of hydrogen-bond acceptors (Lipinski definition) is 5. The van der Waals surface area contributed by atoms with E-state index in [1.807, 2.05) is 42.6 Å². The Hall–Kier alpha value is -2.03. The SMILES string of the molecule is Nc1cc[n+](-c2ccccc2)nc1.O=S(=O)([O-])O. The number of nitrogens with zero attached hydrogens (tertiary/aromatic N) is 2. The second-order valence-electron chi connectivity index (χ2n) is 3.17. The summed E-state index contributed by atoms with van der Waals surface area (Å²) in [6.07, 6.45) is 3.47. The van der Waals surface area contributed by atoms with Gasteiger partial charge in [0.25, 0.3) is 0 Å². The van der Waals surface area contributed by atoms with Crippen molar-refractivity contribution in [3.05, 3.63) is 48.8 Å². The molecular formula is C10H11N3O4S. The Balaban J connectivity index is 0.000000280. The maximum atomic E-state index is 8.63. The van der Waals surface area contributed by atoms with E-state index >= 15 is 0 Å². The van der Waals surface area contributed by atoms with E-state index in [2.05, 4.69) is 5.10 Å². The highest BCUT2D eigenvalue weighted by atomic mass is 32.3. The summed E-state index contributed by atoms with van der Waals surface area (Å²) in [7, 11) is -4.92. The van der Waals surface area contributed by atoms with Crippen LogP contribution in [0, 0.1) is 0 Å². The van der Waals surface area contributed by atoms with Crippen LogP contribution in [-0.2, 0) is 10.4 Å². The van der Waals surface area contributed by atoms with E-state index in [1.54, 1.807) is 10.9 Å². The van der Waals surface area contributed by atoms with Crippen LogP contribution in [0.2, 0.25) is 0 Å². The average Bonchev–Trinajstić information content (AvgIpc) is 2.29. The molecule has 0 aliphatic carbocycles. The van der Waals surface area contributed by atoms with Gasteiger partial charge >= 0.3 is 0 Å². The molecule has 0 spiro atoms. The minimum Gasteiger partial charge on any atom is -0.726 e. The summed E-state index contributed by atoms with van der Waals surface area (Å²) >= 11 is 0. The highest BCUT2D eigenvalue weighted by Crippen LogP contribution is 1.97. The molecule has 0 saturated carbocycles. The quantitative estimate of drug-likeness (QED) is 0.425. The van der Waals surface area contributed by atoms with Crippen molar-refractivity contribution in [2.45, 2.75) is 0 Å². The van der Waals surface area contributed by atoms with Crippen molar-refractivity contribution in [1.29, 1.82) is 0 Å². The lowest BCUT2D eigenvalue weighted by Crippen LogP contribution is -2.34. The maximum absolute atomic E-state index is 8.63. The first-order valence-electron chi connectivity index (χ1n) is 4.73. The highest BCUT2D eigenvalue weighted by molar-refractivity contribution is 7.79. The van der Waals surface area contributed by atoms with Crippen LogP contribution in [0.4, 0.5) is 5.69 Å². The molecule has 1 aromatic carbocycles. The Kier molecular flexibility index (Phi) is 4.72. The average molecular weight is 269 g/mol. The largest absolute Gasteiger partial charge is 0.726 e. The first-order valence-corrected chi connectivity index (χ1v) is 6.10. The number of nitrogen functional groups attached to an aromatic ring is 1. The summed E-state index contributed by atoms with van der Waals surface area (Å²) in [5.41, 5.74) is 7.23. The highest BCUT2D eigenvalue weighted by Gasteiger charge is 2.04. The summed E-state index contributed by atoms with van der Waals surface area (Å²) in [5.74, 6) is 0. The van der Waals surface area contributed by atoms with E-state index in [4.69, 9.17) is 23.3 Å². The molecule has 0 unspecified atom stereocenters. The van der Waals surface area contributed by atoms with Gasteiger partial charge in [-0.3, -0.25) is 4.55 Å². The van der Waals surface area contributed by atoms with Gasteiger partial charge in [0.15, 0.2) is 0 Å². The Morgan fingerprint density at radius 3 is 2.22 bits per heavy atom. The molecule has 7 nitrogen and oxygen atoms in total. The molecule has 0 saturated heterocycles. The van der Waals surface area contributed by atoms with E-state index in [1.165, 1.54) is 0 Å². The van der Waals surface area contributed by atoms with E-state index in [0.29, 0.717) is 5.69 Å². The Bertz CT molecular complexity index is 576. The second kappa shape index (κ2) is 6.05. The first kappa shape index (κ1) is 14.0. The molecule has 1 heterocycles. The van der Waals surface area contributed by atoms with Crippen LogP contribution >= 0.6 is 0 Å². The van der Waals surface area contributed by atoms with Crippen LogP contribution < -0.4 is 10.4 Å². The topological polar surface area (TPSA) is 120 Å². The van der Waals surface area contributed by atoms with Crippen molar-refractivity contribution in [2.75, 3.05) is 5.73 Å². The minimum atomic E-state index is -4.92. The molecule has 0 aliphatic rings. The third kappa shape index (κ3) is 5.89. The van der Waals surface area contributed by atoms with Gasteiger partial charge in [-0.15, -0.1) is 0 Å². The lowest BCUT2D eigenvalue weighted by Gasteiger charge is -1.91. The predicted octanol–water partition coefficient (Wildman–Crippen LogP) is -0.0549. The van der Waals surface area contributed by atoms with E-state index in [9.17, 15) is 0 Å². The number of benzene rings is 1. The molecule has 0 fully saturated rings. The van der Waals surface area contributed by atoms with Gasteiger partial charge in [0.05, 0.1) is 5.69 Å². The first-order chi connectivity index (χ1) is 8.36. The van der Waals surface area contributed by atoms with Gasteiger partial charge in [0.1, 0.15) is 6.20 Å². The number of rotatable bonds is 1. The fourth-order valence-electron chi connectivity index (χ4n) is 1.10. The van der Waals surface area contributed by atoms with Gasteiger partial charge in [-0.1, -0.05) is 22.9 Å². The summed E-state index contributed by atoms with van der Waals surface area (Å²) in [6, 6.07) is 11.7. The van der Waals surface area contributed by atoms with Gasteiger partial charge < -0.3 is 10.3 Å². The van der Waals surface area contributed by atoms with Crippen LogP contribution in [0.25, 0.3) is 5.69 Å². The molecule has 8 heteroatoms. The van der Waals surface area contributed by atoms with Crippen molar-refractivity contribution < 1.29 is 22.2 Å². The smallest absolute Gasteiger partial charge is 0.238 e. The molecule has 0 atom stereocenters. The van der Waals surface area contributed by atoms with E-state index in [-0.39, 0.29) is 0 Å². The van der Waals surface area contributed by atoms with Crippen molar-refractivity contribution in [3.63, 3.8) is 0 Å². The molecule has 1 aromatic heterocycles. The lowest BCUT2D eigenvalue weighted by atomic mass is 10.3. The molecule has 18 heavy (non-hydrogen) atoms. The van der Waals surface area contributed by atoms with Gasteiger partial charge in [0, 0.05) is 18.2 Å². The molecule has 0 bridgehead atoms. The number of para-hydroxylation sites is 1. The predicted molar refractivity (Wildman–Crippen MR) is 62.5 cm³/mol. The minimum absolute atomic E-state index is 0.673. The Morgan fingerprint density at radius 1 is 1.22 bits per heavy atom. The zero-order chi connectivity index (χ0) is 13.6. The maximum Gasteiger partial charge on any atom is 0.238 e. The molecule has 0 radical (unpaired) electrons. The molecule has 96 valence electrons. The van der Waals surface area contributed by atoms with Crippen molar-refractivity contribution in [3.8, 4) is 5.69 Å². The molecule has 2 aromatic rings. The van der Waals surface area contributed by atoms with Crippen LogP contribution in [0.1, 0.15) is 0 Å². The third-order valence-electron chi connectivity index (χ3n) is 1.76. The third-order valence-corrected chi connectivity index (χ3v) is 1.76. The van der Waals surface area contributed by atoms with Gasteiger partial charge in [-0.05, 0) is 5.10 Å². The normalized spacial score (nSPS) is 10.3. The summed E-state index contributed by atoms with van der Waals surface area (Å²) in [5, 5.41) is 4.14. The molecule has 0 aliphatic heterocycles. The van der Waals surface area contributed by atoms with Crippen molar-refractivity contribution in [1.82, 2.24) is 5.10 Å². The molecule has 2 rings (SSSR count). The molecule has 3 N–H and O–H groups in total. The number of aromatic nitrogens is 2. The van der Waals surface area contributed by atoms with Gasteiger partial charge in [-0.25, -0.2) is 8.42 Å². The summed E-state index contributed by atoms with van der Waals surface area (Å²) < 4.78 is 34.6. The number of nitrogens with two attached hydrogens (primary N) is 1. The Labute approximate surface area is 104 Å². The zero-order valence-corrected chi connectivity index (χ0v) is 9.99.